The van der Waals surface area contributed by atoms with E-state index in [1.165, 1.54) is 0 Å². The first-order chi connectivity index (χ1) is 7.97. The van der Waals surface area contributed by atoms with Gasteiger partial charge in [0.25, 0.3) is 0 Å². The van der Waals surface area contributed by atoms with Crippen molar-refractivity contribution in [3.8, 4) is 0 Å². The third kappa shape index (κ3) is 2.86. The minimum atomic E-state index is -0.478. The molecule has 17 heavy (non-hydrogen) atoms. The van der Waals surface area contributed by atoms with Crippen molar-refractivity contribution >= 4 is 5.97 Å². The van der Waals surface area contributed by atoms with E-state index in [4.69, 9.17) is 9.47 Å². The molecule has 3 heteroatoms. The van der Waals surface area contributed by atoms with Crippen molar-refractivity contribution in [3.63, 3.8) is 0 Å². The van der Waals surface area contributed by atoms with Crippen LogP contribution in [0.5, 0.6) is 0 Å². The van der Waals surface area contributed by atoms with Crippen LogP contribution in [0.2, 0.25) is 0 Å². The zero-order valence-electron chi connectivity index (χ0n) is 10.5. The molecule has 0 bridgehead atoms. The average molecular weight is 234 g/mol. The molecule has 1 aromatic carbocycles. The van der Waals surface area contributed by atoms with E-state index >= 15 is 0 Å². The van der Waals surface area contributed by atoms with E-state index in [1.807, 2.05) is 51.1 Å². The average Bonchev–Trinajstić information content (AvgIpc) is 2.28. The fraction of sp³-hybridized carbons (Fsp3) is 0.500. The molecule has 1 aliphatic rings. The normalized spacial score (nSPS) is 25.5. The molecule has 2 atom stereocenters. The van der Waals surface area contributed by atoms with Crippen LogP contribution in [0.15, 0.2) is 30.3 Å². The number of hydrogen-bond acceptors (Lipinski definition) is 3. The third-order valence-electron chi connectivity index (χ3n) is 2.76. The summed E-state index contributed by atoms with van der Waals surface area (Å²) in [6.07, 6.45) is -0.382. The molecule has 1 aliphatic heterocycles. The molecular weight excluding hydrogens is 216 g/mol. The lowest BCUT2D eigenvalue weighted by atomic mass is 9.94. The number of carbonyl (C=O) groups is 1. The Hall–Kier alpha value is -1.35. The monoisotopic (exact) mass is 234 g/mol. The Morgan fingerprint density at radius 2 is 1.82 bits per heavy atom. The second kappa shape index (κ2) is 4.49. The van der Waals surface area contributed by atoms with Crippen molar-refractivity contribution in [1.82, 2.24) is 0 Å². The summed E-state index contributed by atoms with van der Waals surface area (Å²) in [6.45, 7) is 6.00. The molecule has 0 saturated carbocycles. The fourth-order valence-corrected chi connectivity index (χ4v) is 1.79. The summed E-state index contributed by atoms with van der Waals surface area (Å²) >= 11 is 0. The van der Waals surface area contributed by atoms with Crippen LogP contribution in [0.4, 0.5) is 0 Å². The lowest BCUT2D eigenvalue weighted by molar-refractivity contribution is -0.244. The fourth-order valence-electron chi connectivity index (χ4n) is 1.79. The summed E-state index contributed by atoms with van der Waals surface area (Å²) in [5.41, 5.74) is 0.821. The Labute approximate surface area is 102 Å². The maximum Gasteiger partial charge on any atom is 0.311 e. The first-order valence-corrected chi connectivity index (χ1v) is 5.87. The van der Waals surface area contributed by atoms with Gasteiger partial charge in [0, 0.05) is 5.41 Å². The van der Waals surface area contributed by atoms with Crippen molar-refractivity contribution in [2.24, 2.45) is 5.41 Å². The highest BCUT2D eigenvalue weighted by molar-refractivity contribution is 5.71. The van der Waals surface area contributed by atoms with E-state index in [0.29, 0.717) is 0 Å². The number of ether oxygens (including phenoxy) is 2. The van der Waals surface area contributed by atoms with Gasteiger partial charge in [0.2, 0.25) is 6.29 Å². The van der Waals surface area contributed by atoms with Gasteiger partial charge in [-0.15, -0.1) is 0 Å². The number of rotatable bonds is 1. The van der Waals surface area contributed by atoms with Crippen LogP contribution < -0.4 is 0 Å². The van der Waals surface area contributed by atoms with Gasteiger partial charge in [-0.3, -0.25) is 4.79 Å². The van der Waals surface area contributed by atoms with Gasteiger partial charge >= 0.3 is 5.97 Å². The summed E-state index contributed by atoms with van der Waals surface area (Å²) in [7, 11) is 0. The van der Waals surface area contributed by atoms with Gasteiger partial charge in [0.1, 0.15) is 0 Å². The van der Waals surface area contributed by atoms with Crippen molar-refractivity contribution in [2.45, 2.75) is 39.6 Å². The number of esters is 1. The highest BCUT2D eigenvalue weighted by Gasteiger charge is 2.37. The van der Waals surface area contributed by atoms with E-state index < -0.39 is 6.29 Å². The van der Waals surface area contributed by atoms with E-state index in [2.05, 4.69) is 0 Å². The van der Waals surface area contributed by atoms with E-state index in [0.717, 1.165) is 5.56 Å². The van der Waals surface area contributed by atoms with Gasteiger partial charge < -0.3 is 9.47 Å². The van der Waals surface area contributed by atoms with Gasteiger partial charge in [0.15, 0.2) is 0 Å². The predicted octanol–water partition coefficient (Wildman–Crippen LogP) is 3.06. The molecule has 1 saturated heterocycles. The molecule has 0 amide bonds. The lowest BCUT2D eigenvalue weighted by Crippen LogP contribution is -2.39. The molecule has 1 fully saturated rings. The molecular formula is C14H18O3. The quantitative estimate of drug-likeness (QED) is 0.700. The summed E-state index contributed by atoms with van der Waals surface area (Å²) < 4.78 is 11.1. The number of benzene rings is 1. The van der Waals surface area contributed by atoms with Crippen molar-refractivity contribution in [2.75, 3.05) is 0 Å². The highest BCUT2D eigenvalue weighted by Crippen LogP contribution is 2.35. The van der Waals surface area contributed by atoms with Gasteiger partial charge in [0.05, 0.1) is 12.5 Å². The topological polar surface area (TPSA) is 35.5 Å². The van der Waals surface area contributed by atoms with Crippen LogP contribution in [0, 0.1) is 5.41 Å². The number of carbonyl (C=O) groups excluding carboxylic acids is 1. The second-order valence-corrected chi connectivity index (χ2v) is 5.43. The molecule has 1 aromatic rings. The van der Waals surface area contributed by atoms with Crippen LogP contribution in [0.25, 0.3) is 0 Å². The summed E-state index contributed by atoms with van der Waals surface area (Å²) in [4.78, 5) is 11.6. The van der Waals surface area contributed by atoms with Crippen LogP contribution in [0.3, 0.4) is 0 Å². The molecule has 0 spiro atoms. The zero-order chi connectivity index (χ0) is 12.5. The third-order valence-corrected chi connectivity index (χ3v) is 2.76. The molecule has 0 aliphatic carbocycles. The van der Waals surface area contributed by atoms with Gasteiger partial charge in [-0.05, 0) is 5.56 Å². The first-order valence-electron chi connectivity index (χ1n) is 5.87. The lowest BCUT2D eigenvalue weighted by Gasteiger charge is -2.36. The molecule has 2 rings (SSSR count). The molecule has 0 radical (unpaired) electrons. The summed E-state index contributed by atoms with van der Waals surface area (Å²) in [5.74, 6) is -0.190. The Morgan fingerprint density at radius 3 is 2.41 bits per heavy atom. The van der Waals surface area contributed by atoms with E-state index in [1.54, 1.807) is 0 Å². The van der Waals surface area contributed by atoms with Gasteiger partial charge in [-0.25, -0.2) is 0 Å². The second-order valence-electron chi connectivity index (χ2n) is 5.43. The minimum Gasteiger partial charge on any atom is -0.435 e. The Balaban J connectivity index is 2.17. The molecule has 0 N–H and O–H groups in total. The minimum absolute atomic E-state index is 0.190. The molecule has 92 valence electrons. The van der Waals surface area contributed by atoms with Crippen LogP contribution in [0.1, 0.15) is 38.9 Å². The van der Waals surface area contributed by atoms with Gasteiger partial charge in [-0.1, -0.05) is 51.1 Å². The van der Waals surface area contributed by atoms with Crippen LogP contribution in [-0.2, 0) is 14.3 Å². The van der Waals surface area contributed by atoms with Crippen molar-refractivity contribution < 1.29 is 14.3 Å². The highest BCUT2D eigenvalue weighted by atomic mass is 16.7. The largest absolute Gasteiger partial charge is 0.435 e. The molecule has 0 aromatic heterocycles. The number of hydrogen-bond donors (Lipinski definition) is 0. The van der Waals surface area contributed by atoms with Crippen LogP contribution >= 0.6 is 0 Å². The SMILES string of the molecule is CC(C)(C)[C@@H]1OC(=O)C[C@H](c2ccccc2)O1. The zero-order valence-corrected chi connectivity index (χ0v) is 10.5. The van der Waals surface area contributed by atoms with Crippen LogP contribution in [-0.4, -0.2) is 12.3 Å². The summed E-state index contributed by atoms with van der Waals surface area (Å²) in [5, 5.41) is 0. The molecule has 3 nitrogen and oxygen atoms in total. The predicted molar refractivity (Wildman–Crippen MR) is 64.2 cm³/mol. The van der Waals surface area contributed by atoms with Gasteiger partial charge in [-0.2, -0.15) is 0 Å². The maximum atomic E-state index is 11.6. The maximum absolute atomic E-state index is 11.6. The smallest absolute Gasteiger partial charge is 0.311 e. The Bertz CT molecular complexity index is 392. The van der Waals surface area contributed by atoms with Crippen molar-refractivity contribution in [1.29, 1.82) is 0 Å². The number of cyclic esters (lactones) is 1. The molecule has 0 unspecified atom stereocenters. The Morgan fingerprint density at radius 1 is 1.18 bits per heavy atom. The van der Waals surface area contributed by atoms with E-state index in [-0.39, 0.29) is 23.9 Å². The van der Waals surface area contributed by atoms with E-state index in [9.17, 15) is 4.79 Å². The molecule has 1 heterocycles. The Kier molecular flexibility index (Phi) is 3.20. The first kappa shape index (κ1) is 12.1. The van der Waals surface area contributed by atoms with Crippen molar-refractivity contribution in [3.05, 3.63) is 35.9 Å². The standard InChI is InChI=1S/C14H18O3/c1-14(2,3)13-16-11(9-12(15)17-13)10-7-5-4-6-8-10/h4-8,11,13H,9H2,1-3H3/t11-,13+/m1/s1. The summed E-state index contributed by atoms with van der Waals surface area (Å²) in [6, 6.07) is 9.80.